The van der Waals surface area contributed by atoms with Gasteiger partial charge >= 0.3 is 0 Å². The molecule has 26 heavy (non-hydrogen) atoms. The van der Waals surface area contributed by atoms with Crippen molar-refractivity contribution in [3.8, 4) is 0 Å². The molecule has 2 aromatic rings. The van der Waals surface area contributed by atoms with Gasteiger partial charge in [-0.2, -0.15) is 4.31 Å². The Bertz CT molecular complexity index is 888. The second kappa shape index (κ2) is 8.53. The van der Waals surface area contributed by atoms with E-state index in [-0.39, 0.29) is 18.5 Å². The number of carbonyl (C=O) groups excluding carboxylic acids is 1. The summed E-state index contributed by atoms with van der Waals surface area (Å²) in [6.45, 7) is 2.01. The monoisotopic (exact) mass is 396 g/mol. The predicted octanol–water partition coefficient (Wildman–Crippen LogP) is 3.22. The first-order valence-corrected chi connectivity index (χ1v) is 10.1. The third kappa shape index (κ3) is 6.01. The molecular formula is C18H21ClN2O4S. The molecule has 0 aliphatic heterocycles. The van der Waals surface area contributed by atoms with Crippen molar-refractivity contribution in [2.75, 3.05) is 13.3 Å². The van der Waals surface area contributed by atoms with Gasteiger partial charge in [-0.05, 0) is 42.8 Å². The summed E-state index contributed by atoms with van der Waals surface area (Å²) < 4.78 is 29.5. The molecule has 140 valence electrons. The lowest BCUT2D eigenvalue weighted by Crippen LogP contribution is -2.24. The van der Waals surface area contributed by atoms with Crippen LogP contribution < -0.4 is 5.32 Å². The van der Waals surface area contributed by atoms with E-state index < -0.39 is 10.0 Å². The van der Waals surface area contributed by atoms with E-state index in [0.717, 1.165) is 11.8 Å². The van der Waals surface area contributed by atoms with Crippen LogP contribution in [0.3, 0.4) is 0 Å². The van der Waals surface area contributed by atoms with Gasteiger partial charge in [-0.3, -0.25) is 4.79 Å². The standard InChI is InChI=1S/C18H21ClN2O4S/c1-13(14-4-6-15(19)7-5-14)20-18(22)11-10-16-8-9-17(25-16)12-21(2)26(3,23)24/h4-11,13H,12H2,1-3H3,(H,20,22)/b11-10+/t13-/m0/s1. The number of nitrogens with one attached hydrogen (secondary N) is 1. The van der Waals surface area contributed by atoms with Crippen LogP contribution in [-0.4, -0.2) is 31.9 Å². The number of hydrogen-bond donors (Lipinski definition) is 1. The Morgan fingerprint density at radius 1 is 1.27 bits per heavy atom. The molecule has 1 N–H and O–H groups in total. The van der Waals surface area contributed by atoms with Crippen LogP contribution in [0.4, 0.5) is 0 Å². The minimum Gasteiger partial charge on any atom is -0.460 e. The van der Waals surface area contributed by atoms with Crippen LogP contribution in [0.2, 0.25) is 5.02 Å². The topological polar surface area (TPSA) is 79.6 Å². The summed E-state index contributed by atoms with van der Waals surface area (Å²) in [6, 6.07) is 10.4. The average molecular weight is 397 g/mol. The predicted molar refractivity (Wildman–Crippen MR) is 102 cm³/mol. The van der Waals surface area contributed by atoms with Crippen molar-refractivity contribution in [1.82, 2.24) is 9.62 Å². The van der Waals surface area contributed by atoms with Crippen molar-refractivity contribution in [3.63, 3.8) is 0 Å². The molecule has 1 aromatic carbocycles. The summed E-state index contributed by atoms with van der Waals surface area (Å²) in [5.41, 5.74) is 0.945. The molecule has 1 heterocycles. The number of rotatable bonds is 7. The Kier molecular flexibility index (Phi) is 6.63. The summed E-state index contributed by atoms with van der Waals surface area (Å²) in [5.74, 6) is 0.697. The number of hydrogen-bond acceptors (Lipinski definition) is 4. The van der Waals surface area contributed by atoms with Gasteiger partial charge in [0.2, 0.25) is 15.9 Å². The highest BCUT2D eigenvalue weighted by Gasteiger charge is 2.13. The number of benzene rings is 1. The average Bonchev–Trinajstić information content (AvgIpc) is 3.00. The molecule has 1 atom stereocenters. The molecule has 0 unspecified atom stereocenters. The Balaban J connectivity index is 1.93. The maximum atomic E-state index is 12.0. The van der Waals surface area contributed by atoms with E-state index in [4.69, 9.17) is 16.0 Å². The molecule has 0 aliphatic carbocycles. The summed E-state index contributed by atoms with van der Waals surface area (Å²) >= 11 is 5.85. The van der Waals surface area contributed by atoms with Gasteiger partial charge in [0, 0.05) is 18.1 Å². The molecule has 0 saturated carbocycles. The summed E-state index contributed by atoms with van der Waals surface area (Å²) in [6.07, 6.45) is 4.03. The number of halogens is 1. The van der Waals surface area contributed by atoms with Crippen LogP contribution >= 0.6 is 11.6 Å². The molecule has 8 heteroatoms. The molecular weight excluding hydrogens is 376 g/mol. The third-order valence-electron chi connectivity index (χ3n) is 3.75. The fraction of sp³-hybridized carbons (Fsp3) is 0.278. The lowest BCUT2D eigenvalue weighted by atomic mass is 10.1. The van der Waals surface area contributed by atoms with Gasteiger partial charge in [0.25, 0.3) is 0 Å². The summed E-state index contributed by atoms with van der Waals surface area (Å²) in [7, 11) is -1.81. The Morgan fingerprint density at radius 3 is 2.54 bits per heavy atom. The van der Waals surface area contributed by atoms with Gasteiger partial charge < -0.3 is 9.73 Å². The molecule has 1 aromatic heterocycles. The highest BCUT2D eigenvalue weighted by molar-refractivity contribution is 7.88. The van der Waals surface area contributed by atoms with Gasteiger partial charge in [0.15, 0.2) is 0 Å². The van der Waals surface area contributed by atoms with E-state index in [1.807, 2.05) is 19.1 Å². The molecule has 0 saturated heterocycles. The first-order valence-electron chi connectivity index (χ1n) is 7.89. The molecule has 2 rings (SSSR count). The normalized spacial score (nSPS) is 13.3. The minimum absolute atomic E-state index is 0.131. The fourth-order valence-electron chi connectivity index (χ4n) is 2.16. The van der Waals surface area contributed by atoms with Gasteiger partial charge in [-0.25, -0.2) is 8.42 Å². The maximum absolute atomic E-state index is 12.0. The number of amides is 1. The number of furan rings is 1. The van der Waals surface area contributed by atoms with Crippen LogP contribution in [0.25, 0.3) is 6.08 Å². The zero-order chi connectivity index (χ0) is 19.3. The zero-order valence-corrected chi connectivity index (χ0v) is 16.3. The van der Waals surface area contributed by atoms with Crippen molar-refractivity contribution < 1.29 is 17.6 Å². The van der Waals surface area contributed by atoms with Gasteiger partial charge in [-0.15, -0.1) is 0 Å². The highest BCUT2D eigenvalue weighted by Crippen LogP contribution is 2.16. The molecule has 0 fully saturated rings. The SMILES string of the molecule is C[C@H](NC(=O)/C=C/c1ccc(CN(C)S(C)(=O)=O)o1)c1ccc(Cl)cc1. The smallest absolute Gasteiger partial charge is 0.244 e. The molecule has 0 radical (unpaired) electrons. The van der Waals surface area contributed by atoms with Crippen LogP contribution in [0.1, 0.15) is 30.0 Å². The lowest BCUT2D eigenvalue weighted by Gasteiger charge is -2.12. The van der Waals surface area contributed by atoms with E-state index in [1.165, 1.54) is 23.5 Å². The van der Waals surface area contributed by atoms with Gasteiger partial charge in [-0.1, -0.05) is 23.7 Å². The van der Waals surface area contributed by atoms with Crippen LogP contribution in [0.15, 0.2) is 46.9 Å². The fourth-order valence-corrected chi connectivity index (χ4v) is 2.65. The first kappa shape index (κ1) is 20.2. The van der Waals surface area contributed by atoms with E-state index >= 15 is 0 Å². The van der Waals surface area contributed by atoms with Crippen molar-refractivity contribution in [2.24, 2.45) is 0 Å². The minimum atomic E-state index is -3.28. The van der Waals surface area contributed by atoms with Crippen molar-refractivity contribution >= 4 is 33.6 Å². The van der Waals surface area contributed by atoms with Crippen molar-refractivity contribution in [3.05, 3.63) is 64.6 Å². The lowest BCUT2D eigenvalue weighted by molar-refractivity contribution is -0.117. The quantitative estimate of drug-likeness (QED) is 0.729. The van der Waals surface area contributed by atoms with Crippen LogP contribution in [0.5, 0.6) is 0 Å². The Morgan fingerprint density at radius 2 is 1.92 bits per heavy atom. The number of sulfonamides is 1. The van der Waals surface area contributed by atoms with Gasteiger partial charge in [0.05, 0.1) is 18.8 Å². The molecule has 1 amide bonds. The van der Waals surface area contributed by atoms with Gasteiger partial charge in [0.1, 0.15) is 11.5 Å². The summed E-state index contributed by atoms with van der Waals surface area (Å²) in [4.78, 5) is 12.0. The molecule has 0 aliphatic rings. The van der Waals surface area contributed by atoms with Crippen molar-refractivity contribution in [2.45, 2.75) is 19.5 Å². The molecule has 6 nitrogen and oxygen atoms in total. The zero-order valence-electron chi connectivity index (χ0n) is 14.8. The molecule has 0 spiro atoms. The van der Waals surface area contributed by atoms with E-state index in [2.05, 4.69) is 5.32 Å². The highest BCUT2D eigenvalue weighted by atomic mass is 35.5. The number of nitrogens with zero attached hydrogens (tertiary/aromatic N) is 1. The Labute approximate surface area is 158 Å². The van der Waals surface area contributed by atoms with E-state index in [1.54, 1.807) is 24.3 Å². The molecule has 0 bridgehead atoms. The summed E-state index contributed by atoms with van der Waals surface area (Å²) in [5, 5.41) is 3.49. The number of carbonyl (C=O) groups is 1. The largest absolute Gasteiger partial charge is 0.460 e. The third-order valence-corrected chi connectivity index (χ3v) is 5.27. The maximum Gasteiger partial charge on any atom is 0.244 e. The second-order valence-electron chi connectivity index (χ2n) is 5.94. The van der Waals surface area contributed by atoms with E-state index in [9.17, 15) is 13.2 Å². The second-order valence-corrected chi connectivity index (χ2v) is 8.46. The van der Waals surface area contributed by atoms with E-state index in [0.29, 0.717) is 16.5 Å². The van der Waals surface area contributed by atoms with Crippen LogP contribution in [0, 0.1) is 0 Å². The van der Waals surface area contributed by atoms with Crippen molar-refractivity contribution in [1.29, 1.82) is 0 Å². The first-order chi connectivity index (χ1) is 12.1. The Hall–Kier alpha value is -2.09. The van der Waals surface area contributed by atoms with Crippen LogP contribution in [-0.2, 0) is 21.4 Å².